The fourth-order valence-electron chi connectivity index (χ4n) is 2.91. The molecule has 0 fully saturated rings. The van der Waals surface area contributed by atoms with Crippen LogP contribution in [0.25, 0.3) is 5.69 Å². The number of aromatic nitrogens is 2. The van der Waals surface area contributed by atoms with Crippen molar-refractivity contribution in [2.75, 3.05) is 6.54 Å². The Morgan fingerprint density at radius 1 is 1.04 bits per heavy atom. The van der Waals surface area contributed by atoms with Gasteiger partial charge in [0.05, 0.1) is 17.1 Å². The van der Waals surface area contributed by atoms with Crippen LogP contribution in [0, 0.1) is 11.6 Å². The zero-order valence-corrected chi connectivity index (χ0v) is 14.3. The molecule has 3 aromatic rings. The number of para-hydroxylation sites is 1. The molecule has 0 spiro atoms. The van der Waals surface area contributed by atoms with Gasteiger partial charge in [-0.3, -0.25) is 0 Å². The second-order valence-corrected chi connectivity index (χ2v) is 6.35. The van der Waals surface area contributed by atoms with Crippen LogP contribution in [0.3, 0.4) is 0 Å². The SMILES string of the molecule is CC(C)c1cc(C(CN)c2cc(F)ccc2F)n(-c2ccccc2)n1. The quantitative estimate of drug-likeness (QED) is 0.749. The van der Waals surface area contributed by atoms with Crippen molar-refractivity contribution in [2.24, 2.45) is 5.73 Å². The van der Waals surface area contributed by atoms with Crippen molar-refractivity contribution in [1.82, 2.24) is 9.78 Å². The van der Waals surface area contributed by atoms with Crippen molar-refractivity contribution in [3.63, 3.8) is 0 Å². The van der Waals surface area contributed by atoms with E-state index in [4.69, 9.17) is 5.73 Å². The molecule has 130 valence electrons. The lowest BCUT2D eigenvalue weighted by atomic mass is 9.94. The Morgan fingerprint density at radius 2 is 1.76 bits per heavy atom. The molecular weight excluding hydrogens is 320 g/mol. The van der Waals surface area contributed by atoms with Gasteiger partial charge in [0, 0.05) is 18.0 Å². The molecule has 0 aliphatic carbocycles. The van der Waals surface area contributed by atoms with Gasteiger partial charge in [0.25, 0.3) is 0 Å². The summed E-state index contributed by atoms with van der Waals surface area (Å²) in [6.45, 7) is 4.24. The monoisotopic (exact) mass is 341 g/mol. The van der Waals surface area contributed by atoms with Crippen LogP contribution < -0.4 is 5.73 Å². The normalized spacial score (nSPS) is 12.6. The molecule has 0 radical (unpaired) electrons. The number of nitrogens with two attached hydrogens (primary N) is 1. The molecular formula is C20H21F2N3. The van der Waals surface area contributed by atoms with Gasteiger partial charge in [-0.25, -0.2) is 13.5 Å². The van der Waals surface area contributed by atoms with Crippen molar-refractivity contribution >= 4 is 0 Å². The second kappa shape index (κ2) is 7.15. The molecule has 0 saturated carbocycles. The van der Waals surface area contributed by atoms with Crippen LogP contribution in [0.1, 0.15) is 42.6 Å². The highest BCUT2D eigenvalue weighted by molar-refractivity contribution is 5.39. The number of nitrogens with zero attached hydrogens (tertiary/aromatic N) is 2. The fourth-order valence-corrected chi connectivity index (χ4v) is 2.91. The Balaban J connectivity index is 2.18. The smallest absolute Gasteiger partial charge is 0.127 e. The summed E-state index contributed by atoms with van der Waals surface area (Å²) in [5.41, 5.74) is 8.70. The molecule has 0 aliphatic rings. The topological polar surface area (TPSA) is 43.8 Å². The van der Waals surface area contributed by atoms with Gasteiger partial charge in [0.15, 0.2) is 0 Å². The largest absolute Gasteiger partial charge is 0.329 e. The van der Waals surface area contributed by atoms with Crippen LogP contribution in [-0.2, 0) is 0 Å². The van der Waals surface area contributed by atoms with E-state index in [0.717, 1.165) is 29.2 Å². The molecule has 2 N–H and O–H groups in total. The molecule has 0 amide bonds. The van der Waals surface area contributed by atoms with Gasteiger partial charge in [-0.15, -0.1) is 0 Å². The van der Waals surface area contributed by atoms with Gasteiger partial charge in [-0.05, 0) is 42.3 Å². The molecule has 3 nitrogen and oxygen atoms in total. The summed E-state index contributed by atoms with van der Waals surface area (Å²) >= 11 is 0. The first-order valence-electron chi connectivity index (χ1n) is 8.31. The van der Waals surface area contributed by atoms with Crippen molar-refractivity contribution in [3.05, 3.63) is 83.2 Å². The van der Waals surface area contributed by atoms with E-state index in [1.54, 1.807) is 4.68 Å². The maximum absolute atomic E-state index is 14.3. The maximum atomic E-state index is 14.3. The van der Waals surface area contributed by atoms with Crippen molar-refractivity contribution in [1.29, 1.82) is 0 Å². The first-order valence-corrected chi connectivity index (χ1v) is 8.31. The van der Waals surface area contributed by atoms with Crippen LogP contribution in [0.4, 0.5) is 8.78 Å². The van der Waals surface area contributed by atoms with E-state index in [9.17, 15) is 8.78 Å². The fraction of sp³-hybridized carbons (Fsp3) is 0.250. The van der Waals surface area contributed by atoms with E-state index >= 15 is 0 Å². The molecule has 1 unspecified atom stereocenters. The van der Waals surface area contributed by atoms with E-state index in [-0.39, 0.29) is 18.0 Å². The van der Waals surface area contributed by atoms with Crippen LogP contribution in [0.15, 0.2) is 54.6 Å². The number of benzene rings is 2. The van der Waals surface area contributed by atoms with Crippen molar-refractivity contribution in [2.45, 2.75) is 25.7 Å². The Kier molecular flexibility index (Phi) is 4.95. The average Bonchev–Trinajstić information content (AvgIpc) is 3.05. The average molecular weight is 341 g/mol. The van der Waals surface area contributed by atoms with Gasteiger partial charge >= 0.3 is 0 Å². The van der Waals surface area contributed by atoms with Crippen molar-refractivity contribution in [3.8, 4) is 5.69 Å². The van der Waals surface area contributed by atoms with E-state index in [2.05, 4.69) is 5.10 Å². The summed E-state index contributed by atoms with van der Waals surface area (Å²) in [6.07, 6.45) is 0. The Hall–Kier alpha value is -2.53. The molecule has 0 aliphatic heterocycles. The highest BCUT2D eigenvalue weighted by Gasteiger charge is 2.24. The summed E-state index contributed by atoms with van der Waals surface area (Å²) in [6, 6.07) is 15.0. The van der Waals surface area contributed by atoms with Gasteiger partial charge < -0.3 is 5.73 Å². The van der Waals surface area contributed by atoms with E-state index in [1.165, 1.54) is 6.07 Å². The molecule has 0 saturated heterocycles. The molecule has 0 bridgehead atoms. The van der Waals surface area contributed by atoms with Gasteiger partial charge in [-0.1, -0.05) is 32.0 Å². The third-order valence-electron chi connectivity index (χ3n) is 4.27. The number of rotatable bonds is 5. The highest BCUT2D eigenvalue weighted by Crippen LogP contribution is 2.30. The lowest BCUT2D eigenvalue weighted by Gasteiger charge is -2.18. The summed E-state index contributed by atoms with van der Waals surface area (Å²) < 4.78 is 29.8. The summed E-state index contributed by atoms with van der Waals surface area (Å²) in [7, 11) is 0. The first-order chi connectivity index (χ1) is 12.0. The second-order valence-electron chi connectivity index (χ2n) is 6.35. The summed E-state index contributed by atoms with van der Waals surface area (Å²) in [5.74, 6) is -1.23. The molecule has 2 aromatic carbocycles. The predicted molar refractivity (Wildman–Crippen MR) is 94.9 cm³/mol. The number of halogens is 2. The summed E-state index contributed by atoms with van der Waals surface area (Å²) in [4.78, 5) is 0. The highest BCUT2D eigenvalue weighted by atomic mass is 19.1. The van der Waals surface area contributed by atoms with Crippen LogP contribution in [0.5, 0.6) is 0 Å². The molecule has 1 atom stereocenters. The minimum atomic E-state index is -0.490. The van der Waals surface area contributed by atoms with Gasteiger partial charge in [0.2, 0.25) is 0 Å². The van der Waals surface area contributed by atoms with Crippen LogP contribution in [0.2, 0.25) is 0 Å². The Labute approximate surface area is 146 Å². The minimum Gasteiger partial charge on any atom is -0.329 e. The standard InChI is InChI=1S/C20H21F2N3/c1-13(2)19-11-20(25(24-19)15-6-4-3-5-7-15)17(12-23)16-10-14(21)8-9-18(16)22/h3-11,13,17H,12,23H2,1-2H3. The first kappa shape index (κ1) is 17.3. The number of hydrogen-bond acceptors (Lipinski definition) is 2. The van der Waals surface area contributed by atoms with E-state index in [0.29, 0.717) is 0 Å². The zero-order valence-electron chi connectivity index (χ0n) is 14.3. The maximum Gasteiger partial charge on any atom is 0.127 e. The third-order valence-corrected chi connectivity index (χ3v) is 4.27. The predicted octanol–water partition coefficient (Wildman–Crippen LogP) is 4.36. The molecule has 3 rings (SSSR count). The van der Waals surface area contributed by atoms with Gasteiger partial charge in [0.1, 0.15) is 11.6 Å². The molecule has 25 heavy (non-hydrogen) atoms. The third kappa shape index (κ3) is 3.46. The minimum absolute atomic E-state index is 0.149. The molecule has 1 aromatic heterocycles. The lowest BCUT2D eigenvalue weighted by molar-refractivity contribution is 0.569. The van der Waals surface area contributed by atoms with Crippen LogP contribution in [-0.4, -0.2) is 16.3 Å². The zero-order chi connectivity index (χ0) is 18.0. The lowest BCUT2D eigenvalue weighted by Crippen LogP contribution is -2.19. The van der Waals surface area contributed by atoms with Gasteiger partial charge in [-0.2, -0.15) is 5.10 Å². The number of hydrogen-bond donors (Lipinski definition) is 1. The summed E-state index contributed by atoms with van der Waals surface area (Å²) in [5, 5.41) is 4.67. The van der Waals surface area contributed by atoms with Crippen molar-refractivity contribution < 1.29 is 8.78 Å². The van der Waals surface area contributed by atoms with E-state index in [1.807, 2.05) is 50.2 Å². The van der Waals surface area contributed by atoms with E-state index < -0.39 is 17.6 Å². The molecule has 1 heterocycles. The molecule has 5 heteroatoms. The van der Waals surface area contributed by atoms with Crippen LogP contribution >= 0.6 is 0 Å². The Morgan fingerprint density at radius 3 is 2.40 bits per heavy atom. The Bertz CT molecular complexity index is 857.